The molecular weight excluding hydrogens is 458 g/mol. The van der Waals surface area contributed by atoms with E-state index in [0.29, 0.717) is 45.3 Å². The predicted molar refractivity (Wildman–Crippen MR) is 139 cm³/mol. The Morgan fingerprint density at radius 1 is 1.17 bits per heavy atom. The van der Waals surface area contributed by atoms with E-state index >= 15 is 0 Å². The fraction of sp³-hybridized carbons (Fsp3) is 0.750. The normalized spacial score (nSPS) is 30.9. The lowest BCUT2D eigenvalue weighted by Crippen LogP contribution is -2.60. The van der Waals surface area contributed by atoms with Crippen LogP contribution in [-0.4, -0.2) is 93.1 Å². The summed E-state index contributed by atoms with van der Waals surface area (Å²) >= 11 is 0. The van der Waals surface area contributed by atoms with Gasteiger partial charge in [0.15, 0.2) is 0 Å². The maximum absolute atomic E-state index is 14.3. The summed E-state index contributed by atoms with van der Waals surface area (Å²) in [5.74, 6) is -1.86. The molecule has 1 spiro atoms. The summed E-state index contributed by atoms with van der Waals surface area (Å²) in [6, 6.07) is -0.842. The summed E-state index contributed by atoms with van der Waals surface area (Å²) in [4.78, 5) is 47.5. The van der Waals surface area contributed by atoms with Gasteiger partial charge in [0.2, 0.25) is 17.7 Å². The molecule has 5 atom stereocenters. The van der Waals surface area contributed by atoms with Gasteiger partial charge in [0.1, 0.15) is 11.6 Å². The van der Waals surface area contributed by atoms with E-state index < -0.39 is 34.6 Å². The third kappa shape index (κ3) is 4.40. The van der Waals surface area contributed by atoms with Crippen molar-refractivity contribution in [1.29, 1.82) is 0 Å². The lowest BCUT2D eigenvalue weighted by molar-refractivity contribution is -0.157. The number of carbonyl (C=O) groups is 3. The van der Waals surface area contributed by atoms with E-state index in [1.165, 1.54) is 0 Å². The Kier molecular flexibility index (Phi) is 8.40. The van der Waals surface area contributed by atoms with Crippen LogP contribution in [0, 0.1) is 11.8 Å². The smallest absolute Gasteiger partial charge is 0.249 e. The Morgan fingerprint density at radius 2 is 1.83 bits per heavy atom. The fourth-order valence-corrected chi connectivity index (χ4v) is 6.74. The number of nitrogens with zero attached hydrogens (tertiary/aromatic N) is 3. The number of ether oxygens (including phenoxy) is 1. The number of aliphatic hydroxyl groups is 1. The first kappa shape index (κ1) is 28.4. The number of hydrogen-bond donors (Lipinski definition) is 1. The zero-order chi connectivity index (χ0) is 26.9. The first-order valence-electron chi connectivity index (χ1n) is 13.4. The zero-order valence-electron chi connectivity index (χ0n) is 22.8. The number of carbonyl (C=O) groups excluding carboxylic acids is 3. The second kappa shape index (κ2) is 10.7. The first-order chi connectivity index (χ1) is 17.0. The first-order valence-corrected chi connectivity index (χ1v) is 13.4. The van der Waals surface area contributed by atoms with Crippen LogP contribution in [0.3, 0.4) is 0 Å². The summed E-state index contributed by atoms with van der Waals surface area (Å²) in [6.45, 7) is 19.0. The molecule has 2 unspecified atom stereocenters. The van der Waals surface area contributed by atoms with Gasteiger partial charge in [0, 0.05) is 38.3 Å². The molecule has 2 bridgehead atoms. The maximum atomic E-state index is 14.3. The third-order valence-electron chi connectivity index (χ3n) is 8.28. The van der Waals surface area contributed by atoms with Crippen LogP contribution in [0.2, 0.25) is 0 Å². The third-order valence-corrected chi connectivity index (χ3v) is 8.28. The highest BCUT2D eigenvalue weighted by molar-refractivity contribution is 5.99. The predicted octanol–water partition coefficient (Wildman–Crippen LogP) is 2.76. The molecule has 0 saturated carbocycles. The Hall–Kier alpha value is -2.19. The van der Waals surface area contributed by atoms with Crippen molar-refractivity contribution in [3.05, 3.63) is 25.3 Å². The molecule has 0 aromatic rings. The Morgan fingerprint density at radius 3 is 2.36 bits per heavy atom. The van der Waals surface area contributed by atoms with Gasteiger partial charge in [0.05, 0.1) is 17.4 Å². The van der Waals surface area contributed by atoms with Crippen molar-refractivity contribution >= 4 is 17.7 Å². The van der Waals surface area contributed by atoms with Crippen LogP contribution in [-0.2, 0) is 19.1 Å². The zero-order valence-corrected chi connectivity index (χ0v) is 22.8. The van der Waals surface area contributed by atoms with Crippen LogP contribution >= 0.6 is 0 Å². The van der Waals surface area contributed by atoms with Crippen LogP contribution in [0.25, 0.3) is 0 Å². The number of fused-ring (bicyclic) bond motifs is 1. The number of amides is 3. The molecule has 8 nitrogen and oxygen atoms in total. The second-order valence-corrected chi connectivity index (χ2v) is 11.4. The monoisotopic (exact) mass is 503 g/mol. The van der Waals surface area contributed by atoms with E-state index in [0.717, 1.165) is 6.42 Å². The van der Waals surface area contributed by atoms with Crippen LogP contribution in [0.15, 0.2) is 25.3 Å². The van der Waals surface area contributed by atoms with E-state index in [9.17, 15) is 19.5 Å². The molecule has 3 fully saturated rings. The molecule has 8 heteroatoms. The Balaban J connectivity index is 2.13. The molecule has 36 heavy (non-hydrogen) atoms. The van der Waals surface area contributed by atoms with Gasteiger partial charge in [-0.25, -0.2) is 0 Å². The van der Waals surface area contributed by atoms with E-state index in [2.05, 4.69) is 13.2 Å². The summed E-state index contributed by atoms with van der Waals surface area (Å²) in [7, 11) is 0. The SMILES string of the molecule is C=CCN(CCC)C(=O)[C@@H]1[C@H]2C(=O)N(CCCO)C(C(=O)N(CC=C)C(C)(C)C)C23CC[C@@]1(CC)O3. The number of aliphatic hydroxyl groups excluding tert-OH is 1. The topological polar surface area (TPSA) is 90.4 Å². The Labute approximate surface area is 216 Å². The van der Waals surface area contributed by atoms with Gasteiger partial charge < -0.3 is 24.5 Å². The van der Waals surface area contributed by atoms with Crippen molar-refractivity contribution in [2.24, 2.45) is 11.8 Å². The molecule has 202 valence electrons. The van der Waals surface area contributed by atoms with Gasteiger partial charge in [-0.1, -0.05) is 26.0 Å². The van der Waals surface area contributed by atoms with Crippen molar-refractivity contribution < 1.29 is 24.2 Å². The summed E-state index contributed by atoms with van der Waals surface area (Å²) in [5, 5.41) is 9.56. The summed E-state index contributed by atoms with van der Waals surface area (Å²) in [5.41, 5.74) is -2.32. The average Bonchev–Trinajstić information content (AvgIpc) is 3.43. The maximum Gasteiger partial charge on any atom is 0.249 e. The minimum atomic E-state index is -1.06. The van der Waals surface area contributed by atoms with Crippen LogP contribution < -0.4 is 0 Å². The molecule has 3 rings (SSSR count). The lowest BCUT2D eigenvalue weighted by atomic mass is 9.64. The van der Waals surface area contributed by atoms with Gasteiger partial charge in [-0.15, -0.1) is 13.2 Å². The number of hydrogen-bond acceptors (Lipinski definition) is 5. The highest BCUT2D eigenvalue weighted by atomic mass is 16.5. The highest BCUT2D eigenvalue weighted by Gasteiger charge is 2.79. The van der Waals surface area contributed by atoms with Gasteiger partial charge in [-0.3, -0.25) is 14.4 Å². The largest absolute Gasteiger partial charge is 0.396 e. The van der Waals surface area contributed by atoms with Gasteiger partial charge in [-0.05, 0) is 52.9 Å². The summed E-state index contributed by atoms with van der Waals surface area (Å²) in [6.07, 6.45) is 6.32. The van der Waals surface area contributed by atoms with Gasteiger partial charge in [-0.2, -0.15) is 0 Å². The molecule has 0 aromatic carbocycles. The average molecular weight is 504 g/mol. The molecule has 3 heterocycles. The molecule has 3 saturated heterocycles. The molecule has 0 aliphatic carbocycles. The van der Waals surface area contributed by atoms with Crippen LogP contribution in [0.5, 0.6) is 0 Å². The second-order valence-electron chi connectivity index (χ2n) is 11.4. The quantitative estimate of drug-likeness (QED) is 0.414. The fourth-order valence-electron chi connectivity index (χ4n) is 6.74. The standard InChI is InChI=1S/C28H45N3O5/c1-8-15-29(16-9-2)23(33)20-21-24(34)30(18-12-19-32)22(25(35)31(17-10-3)26(5,6)7)28(21)14-13-27(20,11-4)36-28/h8,10,20-22,32H,1,3,9,11-19H2,2,4-7H3/t20-,21-,22?,27+,28?/m0/s1. The minimum Gasteiger partial charge on any atom is -0.396 e. The number of likely N-dealkylation sites (tertiary alicyclic amines) is 1. The van der Waals surface area contributed by atoms with Crippen molar-refractivity contribution in [3.8, 4) is 0 Å². The van der Waals surface area contributed by atoms with Gasteiger partial charge >= 0.3 is 0 Å². The van der Waals surface area contributed by atoms with E-state index in [-0.39, 0.29) is 30.9 Å². The van der Waals surface area contributed by atoms with Crippen LogP contribution in [0.4, 0.5) is 0 Å². The van der Waals surface area contributed by atoms with Crippen molar-refractivity contribution in [2.75, 3.05) is 32.8 Å². The van der Waals surface area contributed by atoms with Crippen molar-refractivity contribution in [3.63, 3.8) is 0 Å². The van der Waals surface area contributed by atoms with Crippen molar-refractivity contribution in [2.45, 2.75) is 89.5 Å². The minimum absolute atomic E-state index is 0.0903. The molecule has 3 aliphatic rings. The van der Waals surface area contributed by atoms with Crippen LogP contribution in [0.1, 0.15) is 66.7 Å². The molecule has 3 aliphatic heterocycles. The van der Waals surface area contributed by atoms with E-state index in [1.54, 1.807) is 26.9 Å². The summed E-state index contributed by atoms with van der Waals surface area (Å²) < 4.78 is 6.84. The highest BCUT2D eigenvalue weighted by Crippen LogP contribution is 2.64. The lowest BCUT2D eigenvalue weighted by Gasteiger charge is -2.42. The Bertz CT molecular complexity index is 883. The van der Waals surface area contributed by atoms with Crippen molar-refractivity contribution in [1.82, 2.24) is 14.7 Å². The molecule has 1 N–H and O–H groups in total. The molecule has 0 aromatic heterocycles. The van der Waals surface area contributed by atoms with Gasteiger partial charge in [0.25, 0.3) is 0 Å². The molecule has 3 amide bonds. The number of rotatable bonds is 12. The molecule has 0 radical (unpaired) electrons. The van der Waals surface area contributed by atoms with E-state index in [4.69, 9.17) is 4.74 Å². The van der Waals surface area contributed by atoms with E-state index in [1.807, 2.05) is 34.6 Å². The molecular formula is C28H45N3O5.